The Hall–Kier alpha value is -2.82. The van der Waals surface area contributed by atoms with E-state index in [9.17, 15) is 4.79 Å². The smallest absolute Gasteiger partial charge is 0.290 e. The normalized spacial score (nSPS) is 10.6. The Labute approximate surface area is 127 Å². The van der Waals surface area contributed by atoms with Crippen LogP contribution in [0.1, 0.15) is 27.4 Å². The van der Waals surface area contributed by atoms with E-state index in [1.54, 1.807) is 12.3 Å². The highest BCUT2D eigenvalue weighted by atomic mass is 16.5. The minimum Gasteiger partial charge on any atom is -0.467 e. The van der Waals surface area contributed by atoms with E-state index in [1.807, 2.05) is 44.2 Å². The summed E-state index contributed by atoms with van der Waals surface area (Å²) in [5, 5.41) is 6.69. The molecule has 5 nitrogen and oxygen atoms in total. The molecule has 0 fully saturated rings. The van der Waals surface area contributed by atoms with Gasteiger partial charge in [0.05, 0.1) is 12.8 Å². The van der Waals surface area contributed by atoms with Crippen LogP contribution in [0.3, 0.4) is 0 Å². The highest BCUT2D eigenvalue weighted by molar-refractivity contribution is 5.92. The maximum absolute atomic E-state index is 12.1. The first-order valence-corrected chi connectivity index (χ1v) is 6.98. The van der Waals surface area contributed by atoms with Crippen molar-refractivity contribution in [3.05, 3.63) is 65.3 Å². The van der Waals surface area contributed by atoms with Gasteiger partial charge < -0.3 is 14.3 Å². The molecule has 112 valence electrons. The Balaban J connectivity index is 1.69. The van der Waals surface area contributed by atoms with E-state index in [0.29, 0.717) is 12.2 Å². The van der Waals surface area contributed by atoms with E-state index in [4.69, 9.17) is 8.94 Å². The molecule has 2 heterocycles. The maximum atomic E-state index is 12.1. The zero-order valence-corrected chi connectivity index (χ0v) is 12.4. The minimum atomic E-state index is -0.318. The summed E-state index contributed by atoms with van der Waals surface area (Å²) < 4.78 is 10.4. The van der Waals surface area contributed by atoms with Gasteiger partial charge in [0.15, 0.2) is 0 Å². The first kappa shape index (κ1) is 14.1. The molecule has 1 amide bonds. The molecule has 0 spiro atoms. The minimum absolute atomic E-state index is 0.180. The molecule has 2 aromatic heterocycles. The molecule has 0 saturated carbocycles. The molecule has 1 N–H and O–H groups in total. The third-order valence-electron chi connectivity index (χ3n) is 3.46. The van der Waals surface area contributed by atoms with Crippen LogP contribution in [0, 0.1) is 13.8 Å². The van der Waals surface area contributed by atoms with Gasteiger partial charge in [-0.15, -0.1) is 0 Å². The van der Waals surface area contributed by atoms with Gasteiger partial charge in [0.1, 0.15) is 11.5 Å². The fourth-order valence-corrected chi connectivity index (χ4v) is 2.08. The first-order chi connectivity index (χ1) is 10.6. The number of carbonyl (C=O) groups excluding carboxylic acids is 1. The number of carbonyl (C=O) groups is 1. The average Bonchev–Trinajstić information content (AvgIpc) is 3.15. The van der Waals surface area contributed by atoms with E-state index < -0.39 is 0 Å². The average molecular weight is 296 g/mol. The quantitative estimate of drug-likeness (QED) is 0.800. The zero-order valence-electron chi connectivity index (χ0n) is 12.4. The standard InChI is InChI=1S/C17H16N2O3/c1-11-3-5-13(6-4-11)14-9-15(22-19-14)17(20)18-10-16-12(2)7-8-21-16/h3-9H,10H2,1-2H3,(H,18,20). The van der Waals surface area contributed by atoms with Crippen molar-refractivity contribution in [3.8, 4) is 11.3 Å². The van der Waals surface area contributed by atoms with E-state index >= 15 is 0 Å². The first-order valence-electron chi connectivity index (χ1n) is 6.98. The monoisotopic (exact) mass is 296 g/mol. The molecule has 0 unspecified atom stereocenters. The predicted octanol–water partition coefficient (Wildman–Crippen LogP) is 3.48. The molecule has 0 saturated heterocycles. The van der Waals surface area contributed by atoms with Crippen molar-refractivity contribution in [2.24, 2.45) is 0 Å². The Morgan fingerprint density at radius 3 is 2.64 bits per heavy atom. The molecular weight excluding hydrogens is 280 g/mol. The maximum Gasteiger partial charge on any atom is 0.290 e. The van der Waals surface area contributed by atoms with Crippen LogP contribution in [0.2, 0.25) is 0 Å². The number of hydrogen-bond donors (Lipinski definition) is 1. The van der Waals surface area contributed by atoms with Crippen molar-refractivity contribution < 1.29 is 13.7 Å². The second kappa shape index (κ2) is 5.89. The fourth-order valence-electron chi connectivity index (χ4n) is 2.08. The van der Waals surface area contributed by atoms with Crippen LogP contribution in [0.5, 0.6) is 0 Å². The lowest BCUT2D eigenvalue weighted by Crippen LogP contribution is -2.22. The van der Waals surface area contributed by atoms with E-state index in [2.05, 4.69) is 10.5 Å². The van der Waals surface area contributed by atoms with Crippen LogP contribution >= 0.6 is 0 Å². The Kier molecular flexibility index (Phi) is 3.78. The van der Waals surface area contributed by atoms with Crippen molar-refractivity contribution in [1.29, 1.82) is 0 Å². The summed E-state index contributed by atoms with van der Waals surface area (Å²) in [7, 11) is 0. The third-order valence-corrected chi connectivity index (χ3v) is 3.46. The molecule has 22 heavy (non-hydrogen) atoms. The summed E-state index contributed by atoms with van der Waals surface area (Å²) in [4.78, 5) is 12.1. The highest BCUT2D eigenvalue weighted by Crippen LogP contribution is 2.19. The number of rotatable bonds is 4. The van der Waals surface area contributed by atoms with Crippen LogP contribution in [-0.4, -0.2) is 11.1 Å². The van der Waals surface area contributed by atoms with Crippen LogP contribution in [0.25, 0.3) is 11.3 Å². The van der Waals surface area contributed by atoms with Crippen LogP contribution in [0.15, 0.2) is 51.6 Å². The molecule has 1 aromatic carbocycles. The van der Waals surface area contributed by atoms with Gasteiger partial charge in [-0.25, -0.2) is 0 Å². The molecule has 0 aliphatic carbocycles. The molecule has 0 aliphatic heterocycles. The van der Waals surface area contributed by atoms with Gasteiger partial charge in [0.25, 0.3) is 5.91 Å². The van der Waals surface area contributed by atoms with Crippen LogP contribution < -0.4 is 5.32 Å². The summed E-state index contributed by atoms with van der Waals surface area (Å²) in [6.45, 7) is 4.26. The SMILES string of the molecule is Cc1ccc(-c2cc(C(=O)NCc3occc3C)on2)cc1. The van der Waals surface area contributed by atoms with Gasteiger partial charge in [-0.3, -0.25) is 4.79 Å². The fraction of sp³-hybridized carbons (Fsp3) is 0.176. The molecule has 3 rings (SSSR count). The van der Waals surface area contributed by atoms with Gasteiger partial charge in [-0.1, -0.05) is 35.0 Å². The summed E-state index contributed by atoms with van der Waals surface area (Å²) in [6.07, 6.45) is 1.60. The van der Waals surface area contributed by atoms with Crippen molar-refractivity contribution in [2.45, 2.75) is 20.4 Å². The van der Waals surface area contributed by atoms with Crippen molar-refractivity contribution in [1.82, 2.24) is 10.5 Å². The van der Waals surface area contributed by atoms with Gasteiger partial charge in [0, 0.05) is 11.6 Å². The lowest BCUT2D eigenvalue weighted by Gasteiger charge is -2.00. The van der Waals surface area contributed by atoms with E-state index in [-0.39, 0.29) is 11.7 Å². The second-order valence-electron chi connectivity index (χ2n) is 5.15. The van der Waals surface area contributed by atoms with Gasteiger partial charge >= 0.3 is 0 Å². The number of amides is 1. The largest absolute Gasteiger partial charge is 0.467 e. The molecule has 0 radical (unpaired) electrons. The number of hydrogen-bond acceptors (Lipinski definition) is 4. The number of benzene rings is 1. The Bertz CT molecular complexity index is 784. The molecule has 0 aliphatic rings. The number of nitrogens with one attached hydrogen (secondary N) is 1. The molecule has 0 bridgehead atoms. The number of aryl methyl sites for hydroxylation is 2. The number of furan rings is 1. The highest BCUT2D eigenvalue weighted by Gasteiger charge is 2.14. The van der Waals surface area contributed by atoms with Gasteiger partial charge in [-0.05, 0) is 25.5 Å². The van der Waals surface area contributed by atoms with Crippen LogP contribution in [-0.2, 0) is 6.54 Å². The van der Waals surface area contributed by atoms with E-state index in [0.717, 1.165) is 16.9 Å². The Morgan fingerprint density at radius 1 is 1.18 bits per heavy atom. The van der Waals surface area contributed by atoms with Crippen molar-refractivity contribution >= 4 is 5.91 Å². The lowest BCUT2D eigenvalue weighted by molar-refractivity contribution is 0.0911. The van der Waals surface area contributed by atoms with Crippen molar-refractivity contribution in [3.63, 3.8) is 0 Å². The molecule has 5 heteroatoms. The lowest BCUT2D eigenvalue weighted by atomic mass is 10.1. The molecule has 3 aromatic rings. The molecular formula is C17H16N2O3. The van der Waals surface area contributed by atoms with Crippen LogP contribution in [0.4, 0.5) is 0 Å². The van der Waals surface area contributed by atoms with Crippen molar-refractivity contribution in [2.75, 3.05) is 0 Å². The third kappa shape index (κ3) is 2.93. The second-order valence-corrected chi connectivity index (χ2v) is 5.15. The summed E-state index contributed by atoms with van der Waals surface area (Å²) in [5.41, 5.74) is 3.71. The predicted molar refractivity (Wildman–Crippen MR) is 81.3 cm³/mol. The van der Waals surface area contributed by atoms with Gasteiger partial charge in [0.2, 0.25) is 5.76 Å². The summed E-state index contributed by atoms with van der Waals surface area (Å²) >= 11 is 0. The van der Waals surface area contributed by atoms with Gasteiger partial charge in [-0.2, -0.15) is 0 Å². The summed E-state index contributed by atoms with van der Waals surface area (Å²) in [6, 6.07) is 11.4. The number of aromatic nitrogens is 1. The topological polar surface area (TPSA) is 68.3 Å². The molecule has 0 atom stereocenters. The summed E-state index contributed by atoms with van der Waals surface area (Å²) in [5.74, 6) is 0.591. The Morgan fingerprint density at radius 2 is 1.95 bits per heavy atom. The van der Waals surface area contributed by atoms with E-state index in [1.165, 1.54) is 5.56 Å². The number of nitrogens with zero attached hydrogens (tertiary/aromatic N) is 1. The zero-order chi connectivity index (χ0) is 15.5.